The Kier molecular flexibility index (Phi) is 5.03. The molecule has 1 saturated heterocycles. The van der Waals surface area contributed by atoms with E-state index in [9.17, 15) is 8.42 Å². The van der Waals surface area contributed by atoms with Gasteiger partial charge in [-0.1, -0.05) is 25.1 Å². The molecule has 0 radical (unpaired) electrons. The number of hydrogen-bond donors (Lipinski definition) is 0. The predicted octanol–water partition coefficient (Wildman–Crippen LogP) is 2.28. The summed E-state index contributed by atoms with van der Waals surface area (Å²) >= 11 is 0. The third-order valence-corrected chi connectivity index (χ3v) is 6.30. The summed E-state index contributed by atoms with van der Waals surface area (Å²) in [6.07, 6.45) is 5.62. The highest BCUT2D eigenvalue weighted by molar-refractivity contribution is 7.86. The quantitative estimate of drug-likeness (QED) is 0.833. The van der Waals surface area contributed by atoms with Gasteiger partial charge in [0.25, 0.3) is 10.2 Å². The van der Waals surface area contributed by atoms with Gasteiger partial charge in [0.15, 0.2) is 0 Å². The summed E-state index contributed by atoms with van der Waals surface area (Å²) in [4.78, 5) is 0. The Balaban J connectivity index is 1.70. The molecule has 130 valence electrons. The highest BCUT2D eigenvalue weighted by Crippen LogP contribution is 2.21. The van der Waals surface area contributed by atoms with Crippen molar-refractivity contribution in [3.05, 3.63) is 48.3 Å². The molecule has 24 heavy (non-hydrogen) atoms. The lowest BCUT2D eigenvalue weighted by molar-refractivity contribution is 0.263. The minimum Gasteiger partial charge on any atom is -0.241 e. The molecule has 7 heteroatoms. The van der Waals surface area contributed by atoms with Crippen LogP contribution in [-0.4, -0.2) is 46.9 Å². The van der Waals surface area contributed by atoms with Crippen molar-refractivity contribution in [2.45, 2.75) is 26.3 Å². The summed E-state index contributed by atoms with van der Waals surface area (Å²) in [5.41, 5.74) is 1.83. The fourth-order valence-electron chi connectivity index (χ4n) is 3.06. The van der Waals surface area contributed by atoms with Gasteiger partial charge in [-0.25, -0.2) is 4.68 Å². The fraction of sp³-hybridized carbons (Fsp3) is 0.471. The van der Waals surface area contributed by atoms with Gasteiger partial charge in [-0.15, -0.1) is 0 Å². The zero-order chi connectivity index (χ0) is 17.2. The highest BCUT2D eigenvalue weighted by Gasteiger charge is 2.30. The van der Waals surface area contributed by atoms with Gasteiger partial charge in [0.05, 0.1) is 11.9 Å². The molecule has 1 atom stereocenters. The van der Waals surface area contributed by atoms with Crippen LogP contribution in [0.3, 0.4) is 0 Å². The van der Waals surface area contributed by atoms with Gasteiger partial charge < -0.3 is 0 Å². The molecule has 2 aromatic rings. The Morgan fingerprint density at radius 3 is 2.75 bits per heavy atom. The van der Waals surface area contributed by atoms with Gasteiger partial charge in [0, 0.05) is 38.4 Å². The van der Waals surface area contributed by atoms with E-state index in [-0.39, 0.29) is 0 Å². The van der Waals surface area contributed by atoms with Crippen LogP contribution in [0.4, 0.5) is 0 Å². The minimum absolute atomic E-state index is 0.319. The molecule has 0 bridgehead atoms. The van der Waals surface area contributed by atoms with Gasteiger partial charge in [-0.05, 0) is 30.9 Å². The Morgan fingerprint density at radius 2 is 2.04 bits per heavy atom. The van der Waals surface area contributed by atoms with E-state index in [2.05, 4.69) is 12.0 Å². The molecule has 0 unspecified atom stereocenters. The first-order valence-corrected chi connectivity index (χ1v) is 9.67. The lowest BCUT2D eigenvalue weighted by Gasteiger charge is -2.32. The molecule has 1 fully saturated rings. The van der Waals surface area contributed by atoms with Crippen molar-refractivity contribution in [2.24, 2.45) is 5.92 Å². The molecule has 1 aliphatic heterocycles. The van der Waals surface area contributed by atoms with E-state index in [0.717, 1.165) is 24.1 Å². The van der Waals surface area contributed by atoms with E-state index in [1.807, 2.05) is 36.5 Å². The summed E-state index contributed by atoms with van der Waals surface area (Å²) in [5.74, 6) is 0.419. The fourth-order valence-corrected chi connectivity index (χ4v) is 4.56. The van der Waals surface area contributed by atoms with Crippen LogP contribution in [0.1, 0.15) is 25.3 Å². The number of piperidine rings is 1. The summed E-state index contributed by atoms with van der Waals surface area (Å²) in [6, 6.07) is 9.78. The van der Waals surface area contributed by atoms with Crippen molar-refractivity contribution in [2.75, 3.05) is 20.1 Å². The van der Waals surface area contributed by atoms with Gasteiger partial charge >= 0.3 is 0 Å². The van der Waals surface area contributed by atoms with Crippen molar-refractivity contribution in [3.63, 3.8) is 0 Å². The maximum Gasteiger partial charge on any atom is 0.282 e. The maximum absolute atomic E-state index is 12.7. The van der Waals surface area contributed by atoms with E-state index in [0.29, 0.717) is 25.6 Å². The summed E-state index contributed by atoms with van der Waals surface area (Å²) in [7, 11) is -1.79. The zero-order valence-electron chi connectivity index (χ0n) is 14.2. The molecule has 1 aliphatic rings. The minimum atomic E-state index is -3.42. The van der Waals surface area contributed by atoms with Crippen molar-refractivity contribution >= 4 is 10.2 Å². The lowest BCUT2D eigenvalue weighted by atomic mass is 10.0. The number of para-hydroxylation sites is 1. The standard InChI is InChI=1S/C17H24N4O2S/c1-15-7-6-10-20(12-15)24(22,23)19(2)13-16-11-18-21(14-16)17-8-4-3-5-9-17/h3-5,8-9,11,14-15H,6-7,10,12-13H2,1-2H3/t15-/m0/s1. The second-order valence-corrected chi connectivity index (χ2v) is 8.53. The Morgan fingerprint density at radius 1 is 1.29 bits per heavy atom. The number of aromatic nitrogens is 2. The molecular weight excluding hydrogens is 324 g/mol. The molecule has 3 rings (SSSR count). The lowest BCUT2D eigenvalue weighted by Crippen LogP contribution is -2.45. The van der Waals surface area contributed by atoms with Crippen molar-refractivity contribution in [1.29, 1.82) is 0 Å². The second kappa shape index (κ2) is 7.04. The number of benzene rings is 1. The average molecular weight is 348 g/mol. The second-order valence-electron chi connectivity index (χ2n) is 6.50. The monoisotopic (exact) mass is 348 g/mol. The average Bonchev–Trinajstić information content (AvgIpc) is 3.04. The molecule has 0 saturated carbocycles. The van der Waals surface area contributed by atoms with Gasteiger partial charge in [0.2, 0.25) is 0 Å². The molecular formula is C17H24N4O2S. The maximum atomic E-state index is 12.7. The Hall–Kier alpha value is -1.70. The molecule has 6 nitrogen and oxygen atoms in total. The molecule has 0 aliphatic carbocycles. The first kappa shape index (κ1) is 17.1. The third kappa shape index (κ3) is 3.68. The van der Waals surface area contributed by atoms with Crippen LogP contribution in [0.25, 0.3) is 5.69 Å². The normalized spacial score (nSPS) is 19.7. The molecule has 0 amide bonds. The molecule has 0 spiro atoms. The van der Waals surface area contributed by atoms with Crippen LogP contribution in [0.5, 0.6) is 0 Å². The molecule has 1 aromatic carbocycles. The van der Waals surface area contributed by atoms with Gasteiger partial charge in [0.1, 0.15) is 0 Å². The van der Waals surface area contributed by atoms with Crippen molar-refractivity contribution in [1.82, 2.24) is 18.4 Å². The number of hydrogen-bond acceptors (Lipinski definition) is 3. The Labute approximate surface area is 143 Å². The van der Waals surface area contributed by atoms with E-state index < -0.39 is 10.2 Å². The van der Waals surface area contributed by atoms with Crippen LogP contribution in [0, 0.1) is 5.92 Å². The SMILES string of the molecule is C[C@H]1CCCN(S(=O)(=O)N(C)Cc2cnn(-c3ccccc3)c2)C1. The van der Waals surface area contributed by atoms with Crippen molar-refractivity contribution in [3.8, 4) is 5.69 Å². The first-order chi connectivity index (χ1) is 11.5. The summed E-state index contributed by atoms with van der Waals surface area (Å²) in [6.45, 7) is 3.64. The smallest absolute Gasteiger partial charge is 0.241 e. The van der Waals surface area contributed by atoms with Crippen LogP contribution in [0.15, 0.2) is 42.7 Å². The molecule has 2 heterocycles. The molecule has 1 aromatic heterocycles. The number of nitrogens with zero attached hydrogens (tertiary/aromatic N) is 4. The largest absolute Gasteiger partial charge is 0.282 e. The third-order valence-electron chi connectivity index (χ3n) is 4.40. The topological polar surface area (TPSA) is 58.4 Å². The van der Waals surface area contributed by atoms with Crippen molar-refractivity contribution < 1.29 is 8.42 Å². The van der Waals surface area contributed by atoms with E-state index in [1.165, 1.54) is 4.31 Å². The summed E-state index contributed by atoms with van der Waals surface area (Å²) < 4.78 is 30.3. The zero-order valence-corrected chi connectivity index (χ0v) is 15.0. The van der Waals surface area contributed by atoms with E-state index in [1.54, 1.807) is 22.2 Å². The van der Waals surface area contributed by atoms with Gasteiger partial charge in [-0.2, -0.15) is 22.1 Å². The predicted molar refractivity (Wildman–Crippen MR) is 93.9 cm³/mol. The van der Waals surface area contributed by atoms with E-state index >= 15 is 0 Å². The summed E-state index contributed by atoms with van der Waals surface area (Å²) in [5, 5.41) is 4.33. The van der Waals surface area contributed by atoms with E-state index in [4.69, 9.17) is 0 Å². The first-order valence-electron chi connectivity index (χ1n) is 8.27. The van der Waals surface area contributed by atoms with Crippen LogP contribution in [0.2, 0.25) is 0 Å². The van der Waals surface area contributed by atoms with Crippen LogP contribution >= 0.6 is 0 Å². The van der Waals surface area contributed by atoms with Crippen LogP contribution < -0.4 is 0 Å². The highest BCUT2D eigenvalue weighted by atomic mass is 32.2. The van der Waals surface area contributed by atoms with Gasteiger partial charge in [-0.3, -0.25) is 0 Å². The Bertz CT molecular complexity index is 773. The molecule has 0 N–H and O–H groups in total. The van der Waals surface area contributed by atoms with Crippen LogP contribution in [-0.2, 0) is 16.8 Å². The number of rotatable bonds is 5.